The van der Waals surface area contributed by atoms with Gasteiger partial charge in [-0.3, -0.25) is 4.72 Å². The molecule has 0 aliphatic carbocycles. The molecule has 0 unspecified atom stereocenters. The van der Waals surface area contributed by atoms with Gasteiger partial charge in [-0.15, -0.1) is 0 Å². The summed E-state index contributed by atoms with van der Waals surface area (Å²) in [5, 5.41) is 3.51. The molecule has 7 heteroatoms. The minimum absolute atomic E-state index is 0.138. The highest BCUT2D eigenvalue weighted by Gasteiger charge is 2.19. The van der Waals surface area contributed by atoms with E-state index in [0.717, 1.165) is 0 Å². The molecule has 6 nitrogen and oxygen atoms in total. The van der Waals surface area contributed by atoms with E-state index >= 15 is 0 Å². The lowest BCUT2D eigenvalue weighted by Crippen LogP contribution is -2.15. The Hall–Kier alpha value is -2.02. The molecule has 18 heavy (non-hydrogen) atoms. The molecule has 2 rings (SSSR count). The maximum Gasteiger partial charge on any atom is 0.263 e. The minimum atomic E-state index is -3.70. The van der Waals surface area contributed by atoms with Gasteiger partial charge in [-0.2, -0.15) is 0 Å². The maximum atomic E-state index is 12.2. The summed E-state index contributed by atoms with van der Waals surface area (Å²) in [7, 11) is -3.70. The Labute approximate surface area is 105 Å². The van der Waals surface area contributed by atoms with Crippen LogP contribution in [0.2, 0.25) is 0 Å². The molecule has 0 amide bonds. The van der Waals surface area contributed by atoms with E-state index < -0.39 is 10.0 Å². The number of nitrogens with two attached hydrogens (primary N) is 1. The Morgan fingerprint density at radius 2 is 2.17 bits per heavy atom. The molecule has 0 bridgehead atoms. The van der Waals surface area contributed by atoms with Crippen LogP contribution in [-0.4, -0.2) is 13.6 Å². The van der Waals surface area contributed by atoms with Crippen molar-refractivity contribution in [3.63, 3.8) is 0 Å². The second-order valence-electron chi connectivity index (χ2n) is 3.71. The SMILES string of the molecule is CCc1ccc(N)cc1S(=O)(=O)Nc1ccon1. The van der Waals surface area contributed by atoms with Crippen LogP contribution in [0.5, 0.6) is 0 Å². The van der Waals surface area contributed by atoms with Gasteiger partial charge in [0.05, 0.1) is 4.90 Å². The van der Waals surface area contributed by atoms with Crippen molar-refractivity contribution in [3.8, 4) is 0 Å². The van der Waals surface area contributed by atoms with Gasteiger partial charge in [-0.05, 0) is 24.1 Å². The quantitative estimate of drug-likeness (QED) is 0.820. The number of anilines is 2. The van der Waals surface area contributed by atoms with Crippen molar-refractivity contribution in [1.82, 2.24) is 5.16 Å². The predicted octanol–water partition coefficient (Wildman–Crippen LogP) is 1.62. The third kappa shape index (κ3) is 2.45. The molecule has 0 spiro atoms. The zero-order valence-corrected chi connectivity index (χ0v) is 10.6. The molecule has 96 valence electrons. The largest absolute Gasteiger partial charge is 0.399 e. The van der Waals surface area contributed by atoms with Gasteiger partial charge in [-0.1, -0.05) is 18.1 Å². The van der Waals surface area contributed by atoms with Crippen molar-refractivity contribution in [2.75, 3.05) is 10.5 Å². The van der Waals surface area contributed by atoms with Crippen LogP contribution in [0.3, 0.4) is 0 Å². The Morgan fingerprint density at radius 3 is 2.78 bits per heavy atom. The minimum Gasteiger partial charge on any atom is -0.399 e. The number of nitrogens with zero attached hydrogens (tertiary/aromatic N) is 1. The topological polar surface area (TPSA) is 98.2 Å². The summed E-state index contributed by atoms with van der Waals surface area (Å²) < 4.78 is 31.3. The molecule has 1 aromatic heterocycles. The van der Waals surface area contributed by atoms with Gasteiger partial charge in [0.25, 0.3) is 10.0 Å². The molecular formula is C11H13N3O3S. The Kier molecular flexibility index (Phi) is 3.24. The first kappa shape index (κ1) is 12.4. The van der Waals surface area contributed by atoms with Crippen LogP contribution in [0.25, 0.3) is 0 Å². The van der Waals surface area contributed by atoms with E-state index in [2.05, 4.69) is 14.4 Å². The predicted molar refractivity (Wildman–Crippen MR) is 67.5 cm³/mol. The fourth-order valence-electron chi connectivity index (χ4n) is 1.57. The second-order valence-corrected chi connectivity index (χ2v) is 5.36. The van der Waals surface area contributed by atoms with Crippen LogP contribution in [0.15, 0.2) is 39.9 Å². The van der Waals surface area contributed by atoms with Crippen LogP contribution < -0.4 is 10.5 Å². The molecular weight excluding hydrogens is 254 g/mol. The first-order chi connectivity index (χ1) is 8.53. The fraction of sp³-hybridized carbons (Fsp3) is 0.182. The third-order valence-corrected chi connectivity index (χ3v) is 3.88. The van der Waals surface area contributed by atoms with E-state index in [1.807, 2.05) is 6.92 Å². The van der Waals surface area contributed by atoms with Crippen LogP contribution in [0.1, 0.15) is 12.5 Å². The first-order valence-electron chi connectivity index (χ1n) is 5.34. The van der Waals surface area contributed by atoms with E-state index in [0.29, 0.717) is 17.7 Å². The Balaban J connectivity index is 2.43. The van der Waals surface area contributed by atoms with Crippen molar-refractivity contribution in [3.05, 3.63) is 36.1 Å². The lowest BCUT2D eigenvalue weighted by molar-refractivity contribution is 0.423. The number of rotatable bonds is 4. The summed E-state index contributed by atoms with van der Waals surface area (Å²) in [5.74, 6) is 0.138. The Bertz CT molecular complexity index is 636. The van der Waals surface area contributed by atoms with Crippen molar-refractivity contribution in [2.45, 2.75) is 18.2 Å². The summed E-state index contributed by atoms with van der Waals surface area (Å²) in [6, 6.07) is 6.23. The van der Waals surface area contributed by atoms with Gasteiger partial charge in [-0.25, -0.2) is 8.42 Å². The molecule has 0 atom stereocenters. The number of hydrogen-bond acceptors (Lipinski definition) is 5. The number of hydrogen-bond donors (Lipinski definition) is 2. The van der Waals surface area contributed by atoms with Crippen LogP contribution >= 0.6 is 0 Å². The molecule has 0 fully saturated rings. The molecule has 0 aliphatic heterocycles. The summed E-state index contributed by atoms with van der Waals surface area (Å²) in [5.41, 5.74) is 6.72. The standard InChI is InChI=1S/C11H13N3O3S/c1-2-8-3-4-9(12)7-10(8)18(15,16)14-11-5-6-17-13-11/h3-7H,2,12H2,1H3,(H,13,14). The average molecular weight is 267 g/mol. The summed E-state index contributed by atoms with van der Waals surface area (Å²) in [6.45, 7) is 1.88. The molecule has 0 aliphatic rings. The van der Waals surface area contributed by atoms with E-state index in [1.165, 1.54) is 18.4 Å². The third-order valence-electron chi connectivity index (χ3n) is 2.44. The smallest absolute Gasteiger partial charge is 0.263 e. The maximum absolute atomic E-state index is 12.2. The average Bonchev–Trinajstić information content (AvgIpc) is 2.81. The lowest BCUT2D eigenvalue weighted by Gasteiger charge is -2.10. The van der Waals surface area contributed by atoms with Crippen LogP contribution in [-0.2, 0) is 16.4 Å². The van der Waals surface area contributed by atoms with Gasteiger partial charge in [0.15, 0.2) is 5.82 Å². The fourth-order valence-corrected chi connectivity index (χ4v) is 2.91. The molecule has 2 aromatic rings. The normalized spacial score (nSPS) is 11.4. The number of sulfonamides is 1. The highest BCUT2D eigenvalue weighted by atomic mass is 32.2. The van der Waals surface area contributed by atoms with E-state index in [-0.39, 0.29) is 10.7 Å². The molecule has 1 aromatic carbocycles. The number of nitrogen functional groups attached to an aromatic ring is 1. The Morgan fingerprint density at radius 1 is 1.39 bits per heavy atom. The summed E-state index contributed by atoms with van der Waals surface area (Å²) in [4.78, 5) is 0.160. The van der Waals surface area contributed by atoms with Crippen LogP contribution in [0.4, 0.5) is 11.5 Å². The highest BCUT2D eigenvalue weighted by Crippen LogP contribution is 2.22. The summed E-state index contributed by atoms with van der Waals surface area (Å²) >= 11 is 0. The van der Waals surface area contributed by atoms with Crippen LogP contribution in [0, 0.1) is 0 Å². The monoisotopic (exact) mass is 267 g/mol. The van der Waals surface area contributed by atoms with E-state index in [4.69, 9.17) is 5.73 Å². The zero-order valence-electron chi connectivity index (χ0n) is 9.75. The van der Waals surface area contributed by atoms with E-state index in [1.54, 1.807) is 12.1 Å². The molecule has 1 heterocycles. The van der Waals surface area contributed by atoms with Gasteiger partial charge >= 0.3 is 0 Å². The van der Waals surface area contributed by atoms with Crippen molar-refractivity contribution in [2.24, 2.45) is 0 Å². The molecule has 3 N–H and O–H groups in total. The molecule has 0 saturated carbocycles. The van der Waals surface area contributed by atoms with Gasteiger partial charge in [0, 0.05) is 11.8 Å². The van der Waals surface area contributed by atoms with Crippen molar-refractivity contribution in [1.29, 1.82) is 0 Å². The highest BCUT2D eigenvalue weighted by molar-refractivity contribution is 7.92. The lowest BCUT2D eigenvalue weighted by atomic mass is 10.1. The zero-order chi connectivity index (χ0) is 13.2. The molecule has 0 radical (unpaired) electrons. The number of nitrogens with one attached hydrogen (secondary N) is 1. The number of aromatic nitrogens is 1. The summed E-state index contributed by atoms with van der Waals surface area (Å²) in [6.07, 6.45) is 1.88. The van der Waals surface area contributed by atoms with Crippen molar-refractivity contribution >= 4 is 21.5 Å². The number of aryl methyl sites for hydroxylation is 1. The van der Waals surface area contributed by atoms with E-state index in [9.17, 15) is 8.42 Å². The van der Waals surface area contributed by atoms with Gasteiger partial charge < -0.3 is 10.3 Å². The van der Waals surface area contributed by atoms with Crippen molar-refractivity contribution < 1.29 is 12.9 Å². The van der Waals surface area contributed by atoms with Gasteiger partial charge in [0.2, 0.25) is 0 Å². The van der Waals surface area contributed by atoms with Gasteiger partial charge in [0.1, 0.15) is 6.26 Å². The molecule has 0 saturated heterocycles. The second kappa shape index (κ2) is 4.69. The number of benzene rings is 1. The first-order valence-corrected chi connectivity index (χ1v) is 6.83.